The average molecular weight is 363 g/mol. The third-order valence-corrected chi connectivity index (χ3v) is 5.67. The van der Waals surface area contributed by atoms with Crippen LogP contribution in [0.4, 0.5) is 10.8 Å². The third kappa shape index (κ3) is 3.48. The van der Waals surface area contributed by atoms with E-state index in [1.165, 1.54) is 29.7 Å². The Labute approximate surface area is 157 Å². The number of benzene rings is 2. The van der Waals surface area contributed by atoms with Crippen LogP contribution in [0.15, 0.2) is 54.6 Å². The number of anilines is 2. The first-order chi connectivity index (χ1) is 12.7. The third-order valence-electron chi connectivity index (χ3n) is 4.56. The lowest BCUT2D eigenvalue weighted by Crippen LogP contribution is -2.17. The van der Waals surface area contributed by atoms with Crippen LogP contribution in [0, 0.1) is 6.92 Å². The van der Waals surface area contributed by atoms with E-state index < -0.39 is 0 Å². The number of carbonyl (C=O) groups excluding carboxylic acids is 1. The second kappa shape index (κ2) is 7.30. The van der Waals surface area contributed by atoms with Gasteiger partial charge in [-0.1, -0.05) is 59.4 Å². The molecule has 0 radical (unpaired) electrons. The minimum atomic E-state index is -0.102. The van der Waals surface area contributed by atoms with E-state index in [0.717, 1.165) is 35.2 Å². The maximum atomic E-state index is 12.9. The van der Waals surface area contributed by atoms with Crippen LogP contribution in [0.3, 0.4) is 0 Å². The van der Waals surface area contributed by atoms with Crippen LogP contribution in [0.1, 0.15) is 28.1 Å². The van der Waals surface area contributed by atoms with Crippen molar-refractivity contribution in [3.05, 3.63) is 65.0 Å². The minimum absolute atomic E-state index is 0.102. The number of nitrogens with zero attached hydrogens (tertiary/aromatic N) is 2. The van der Waals surface area contributed by atoms with Gasteiger partial charge in [-0.15, -0.1) is 0 Å². The average Bonchev–Trinajstić information content (AvgIpc) is 3.33. The number of carbonyl (C=O) groups is 1. The fraction of sp³-hybridized carbons (Fsp3) is 0.238. The van der Waals surface area contributed by atoms with Crippen LogP contribution in [0.25, 0.3) is 11.3 Å². The topological polar surface area (TPSA) is 45.2 Å². The summed E-state index contributed by atoms with van der Waals surface area (Å²) in [5.41, 5.74) is 3.74. The highest BCUT2D eigenvalue weighted by molar-refractivity contribution is 7.18. The second-order valence-corrected chi connectivity index (χ2v) is 7.53. The number of thiazole rings is 1. The first-order valence-corrected chi connectivity index (χ1v) is 9.71. The monoisotopic (exact) mass is 363 g/mol. The molecule has 3 aromatic rings. The highest BCUT2D eigenvalue weighted by Gasteiger charge is 2.23. The van der Waals surface area contributed by atoms with Gasteiger partial charge in [-0.05, 0) is 31.9 Å². The Bertz CT molecular complexity index is 897. The lowest BCUT2D eigenvalue weighted by atomic mass is 10.1. The summed E-state index contributed by atoms with van der Waals surface area (Å²) in [6, 6.07) is 17.8. The number of nitrogens with one attached hydrogen (secondary N) is 1. The second-order valence-electron chi connectivity index (χ2n) is 6.55. The fourth-order valence-electron chi connectivity index (χ4n) is 3.12. The number of hydrogen-bond acceptors (Lipinski definition) is 4. The van der Waals surface area contributed by atoms with Crippen molar-refractivity contribution >= 4 is 28.1 Å². The molecule has 26 heavy (non-hydrogen) atoms. The van der Waals surface area contributed by atoms with E-state index in [0.29, 0.717) is 4.88 Å². The van der Waals surface area contributed by atoms with Gasteiger partial charge in [0.05, 0.1) is 5.69 Å². The van der Waals surface area contributed by atoms with Crippen molar-refractivity contribution in [2.24, 2.45) is 0 Å². The van der Waals surface area contributed by atoms with Crippen LogP contribution in [0.2, 0.25) is 0 Å². The maximum Gasteiger partial charge on any atom is 0.268 e. The molecule has 4 rings (SSSR count). The van der Waals surface area contributed by atoms with E-state index >= 15 is 0 Å². The Morgan fingerprint density at radius 3 is 2.42 bits per heavy atom. The standard InChI is InChI=1S/C21H21N3OS/c1-15-9-11-16(12-10-15)18-19(20(25)22-17-7-3-2-4-8-17)26-21(23-18)24-13-5-6-14-24/h2-4,7-12H,5-6,13-14H2,1H3,(H,22,25). The molecule has 0 aliphatic carbocycles. The summed E-state index contributed by atoms with van der Waals surface area (Å²) in [7, 11) is 0. The number of rotatable bonds is 4. The first kappa shape index (κ1) is 16.8. The number of hydrogen-bond donors (Lipinski definition) is 1. The van der Waals surface area contributed by atoms with Crippen LogP contribution in [0.5, 0.6) is 0 Å². The molecule has 0 saturated carbocycles. The molecule has 132 valence electrons. The van der Waals surface area contributed by atoms with Crippen molar-refractivity contribution in [1.29, 1.82) is 0 Å². The zero-order valence-corrected chi connectivity index (χ0v) is 15.6. The minimum Gasteiger partial charge on any atom is -0.348 e. The predicted octanol–water partition coefficient (Wildman–Crippen LogP) is 4.97. The van der Waals surface area contributed by atoms with Gasteiger partial charge >= 0.3 is 0 Å². The molecular weight excluding hydrogens is 342 g/mol. The van der Waals surface area contributed by atoms with Gasteiger partial charge in [0, 0.05) is 24.3 Å². The largest absolute Gasteiger partial charge is 0.348 e. The van der Waals surface area contributed by atoms with Gasteiger partial charge in [-0.3, -0.25) is 4.79 Å². The van der Waals surface area contributed by atoms with Crippen molar-refractivity contribution in [2.75, 3.05) is 23.3 Å². The van der Waals surface area contributed by atoms with Gasteiger partial charge in [-0.2, -0.15) is 0 Å². The van der Waals surface area contributed by atoms with E-state index in [4.69, 9.17) is 4.98 Å². The highest BCUT2D eigenvalue weighted by atomic mass is 32.1. The Balaban J connectivity index is 1.71. The van der Waals surface area contributed by atoms with Crippen molar-refractivity contribution in [3.63, 3.8) is 0 Å². The Morgan fingerprint density at radius 1 is 1.04 bits per heavy atom. The normalized spacial score (nSPS) is 13.8. The van der Waals surface area contributed by atoms with E-state index in [1.54, 1.807) is 0 Å². The molecule has 2 heterocycles. The van der Waals surface area contributed by atoms with Gasteiger partial charge in [0.2, 0.25) is 0 Å². The molecule has 1 aliphatic heterocycles. The quantitative estimate of drug-likeness (QED) is 0.712. The van der Waals surface area contributed by atoms with E-state index in [1.807, 2.05) is 42.5 Å². The smallest absolute Gasteiger partial charge is 0.268 e. The molecule has 0 spiro atoms. The SMILES string of the molecule is Cc1ccc(-c2nc(N3CCCC3)sc2C(=O)Nc2ccccc2)cc1. The van der Waals surface area contributed by atoms with Crippen LogP contribution >= 0.6 is 11.3 Å². The molecule has 0 atom stereocenters. The summed E-state index contributed by atoms with van der Waals surface area (Å²) < 4.78 is 0. The Morgan fingerprint density at radius 2 is 1.73 bits per heavy atom. The highest BCUT2D eigenvalue weighted by Crippen LogP contribution is 2.35. The molecule has 5 heteroatoms. The van der Waals surface area contributed by atoms with Crippen molar-refractivity contribution in [2.45, 2.75) is 19.8 Å². The molecule has 1 N–H and O–H groups in total. The summed E-state index contributed by atoms with van der Waals surface area (Å²) in [6.45, 7) is 4.09. The van der Waals surface area contributed by atoms with E-state index in [2.05, 4.69) is 29.3 Å². The summed E-state index contributed by atoms with van der Waals surface area (Å²) >= 11 is 1.49. The molecule has 1 aliphatic rings. The Kier molecular flexibility index (Phi) is 4.71. The molecule has 0 bridgehead atoms. The number of amides is 1. The van der Waals surface area contributed by atoms with Crippen LogP contribution in [-0.2, 0) is 0 Å². The van der Waals surface area contributed by atoms with Gasteiger partial charge in [0.15, 0.2) is 5.13 Å². The molecule has 4 nitrogen and oxygen atoms in total. The number of aryl methyl sites for hydroxylation is 1. The van der Waals surface area contributed by atoms with E-state index in [-0.39, 0.29) is 5.91 Å². The molecule has 1 saturated heterocycles. The zero-order chi connectivity index (χ0) is 17.9. The molecule has 1 fully saturated rings. The zero-order valence-electron chi connectivity index (χ0n) is 14.7. The fourth-order valence-corrected chi connectivity index (χ4v) is 4.16. The summed E-state index contributed by atoms with van der Waals surface area (Å²) in [4.78, 5) is 20.7. The summed E-state index contributed by atoms with van der Waals surface area (Å²) in [5, 5.41) is 3.94. The lowest BCUT2D eigenvalue weighted by Gasteiger charge is -2.12. The van der Waals surface area contributed by atoms with Crippen molar-refractivity contribution < 1.29 is 4.79 Å². The summed E-state index contributed by atoms with van der Waals surface area (Å²) in [5.74, 6) is -0.102. The van der Waals surface area contributed by atoms with Crippen LogP contribution in [-0.4, -0.2) is 24.0 Å². The molecule has 1 amide bonds. The number of aromatic nitrogens is 1. The van der Waals surface area contributed by atoms with Crippen molar-refractivity contribution in [1.82, 2.24) is 4.98 Å². The molecular formula is C21H21N3OS. The molecule has 2 aromatic carbocycles. The maximum absolute atomic E-state index is 12.9. The van der Waals surface area contributed by atoms with Crippen molar-refractivity contribution in [3.8, 4) is 11.3 Å². The molecule has 0 unspecified atom stereocenters. The van der Waals surface area contributed by atoms with E-state index in [9.17, 15) is 4.79 Å². The van der Waals surface area contributed by atoms with Gasteiger partial charge in [0.25, 0.3) is 5.91 Å². The predicted molar refractivity (Wildman–Crippen MR) is 108 cm³/mol. The number of para-hydroxylation sites is 1. The van der Waals surface area contributed by atoms with Crippen LogP contribution < -0.4 is 10.2 Å². The van der Waals surface area contributed by atoms with Gasteiger partial charge in [0.1, 0.15) is 4.88 Å². The first-order valence-electron chi connectivity index (χ1n) is 8.90. The lowest BCUT2D eigenvalue weighted by molar-refractivity contribution is 0.103. The molecule has 1 aromatic heterocycles. The summed E-state index contributed by atoms with van der Waals surface area (Å²) in [6.07, 6.45) is 2.37. The van der Waals surface area contributed by atoms with Gasteiger partial charge < -0.3 is 10.2 Å². The van der Waals surface area contributed by atoms with Gasteiger partial charge in [-0.25, -0.2) is 4.98 Å². The Hall–Kier alpha value is -2.66.